The quantitative estimate of drug-likeness (QED) is 0.146. The fourth-order valence-corrected chi connectivity index (χ4v) is 22.1. The van der Waals surface area contributed by atoms with E-state index in [0.717, 1.165) is 0 Å². The third kappa shape index (κ3) is 7.18. The Kier molecular flexibility index (Phi) is 10.5. The third-order valence-electron chi connectivity index (χ3n) is 21.5. The molecule has 1 spiro atoms. The summed E-state index contributed by atoms with van der Waals surface area (Å²) in [6, 6.07) is 58.6. The van der Waals surface area contributed by atoms with Gasteiger partial charge in [0.05, 0.1) is 27.6 Å². The average Bonchev–Trinajstić information content (AvgIpc) is 1.56. The molecule has 0 unspecified atom stereocenters. The van der Waals surface area contributed by atoms with Crippen LogP contribution in [-0.4, -0.2) is 28.5 Å². The second-order valence-corrected chi connectivity index (χ2v) is 38.0. The maximum absolute atomic E-state index is 3.24. The summed E-state index contributed by atoms with van der Waals surface area (Å²) < 4.78 is 8.32. The van der Waals surface area contributed by atoms with E-state index in [2.05, 4.69) is 299 Å². The highest BCUT2D eigenvalue weighted by Gasteiger charge is 2.57. The fourth-order valence-electron chi connectivity index (χ4n) is 16.5. The van der Waals surface area contributed by atoms with Crippen LogP contribution >= 0.6 is 0 Å². The van der Waals surface area contributed by atoms with E-state index in [1.165, 1.54) is 154 Å². The number of hydrogen-bond donors (Lipinski definition) is 0. The molecule has 0 bridgehead atoms. The lowest BCUT2D eigenvalue weighted by Gasteiger charge is -2.43. The molecule has 0 amide bonds. The average molecular weight is 1150 g/mol. The van der Waals surface area contributed by atoms with Gasteiger partial charge in [-0.2, -0.15) is 0 Å². The van der Waals surface area contributed by atoms with Gasteiger partial charge in [0.2, 0.25) is 0 Å². The van der Waals surface area contributed by atoms with E-state index in [4.69, 9.17) is 0 Å². The maximum atomic E-state index is 2.87. The summed E-state index contributed by atoms with van der Waals surface area (Å²) in [5, 5.41) is 14.3. The summed E-state index contributed by atoms with van der Waals surface area (Å²) in [7, 11) is -3.24. The molecule has 0 atom stereocenters. The maximum Gasteiger partial charge on any atom is 0.252 e. The molecule has 0 saturated carbocycles. The Labute approximate surface area is 517 Å². The van der Waals surface area contributed by atoms with Gasteiger partial charge in [-0.05, 0) is 174 Å². The molecule has 5 heteroatoms. The van der Waals surface area contributed by atoms with Crippen LogP contribution in [0.25, 0.3) is 93.6 Å². The van der Waals surface area contributed by atoms with Crippen LogP contribution in [0.15, 0.2) is 140 Å². The van der Waals surface area contributed by atoms with E-state index in [1.807, 2.05) is 0 Å². The fraction of sp³-hybridized carbons (Fsp3) is 0.341. The van der Waals surface area contributed by atoms with Crippen LogP contribution in [0.2, 0.25) is 0 Å². The summed E-state index contributed by atoms with van der Waals surface area (Å²) >= 11 is 0. The zero-order valence-corrected chi connectivity index (χ0v) is 56.7. The van der Waals surface area contributed by atoms with Gasteiger partial charge in [0.15, 0.2) is 8.07 Å². The van der Waals surface area contributed by atoms with Crippen LogP contribution in [0.1, 0.15) is 184 Å². The zero-order chi connectivity index (χ0) is 61.5. The zero-order valence-electron chi connectivity index (χ0n) is 55.7. The highest BCUT2D eigenvalue weighted by atomic mass is 28.3. The van der Waals surface area contributed by atoms with E-state index in [-0.39, 0.29) is 44.6 Å². The third-order valence-corrected chi connectivity index (χ3v) is 26.3. The number of fused-ring (bicyclic) bond motifs is 18. The molecule has 3 nitrogen and oxygen atoms in total. The number of rotatable bonds is 1. The molecule has 4 aliphatic heterocycles. The van der Waals surface area contributed by atoms with E-state index in [9.17, 15) is 0 Å². The molecule has 12 aromatic rings. The van der Waals surface area contributed by atoms with Gasteiger partial charge in [0.25, 0.3) is 6.71 Å². The Morgan fingerprint density at radius 3 is 1.32 bits per heavy atom. The van der Waals surface area contributed by atoms with Crippen molar-refractivity contribution in [1.29, 1.82) is 0 Å². The number of benzene rings is 9. The normalized spacial score (nSPS) is 15.3. The SMILES string of the molecule is CC(C)(C)c1cccc(-n2c3cc(C(C)(C)C)ccc3c3c4c5ccc(C(C)(C)C)cc5n5c4c(cc32)B2c3c-5ccc4c3-n3c5c2cc(C(C)(C)C)cc5c2cc(C(C)(C)C)cc(c23)[Si]42c3cc(C(C)(C)C)ccc3-c3ccc(C(C)(C)C)cc32)c1. The monoisotopic (exact) mass is 1150 g/mol. The molecule has 3 aromatic heterocycles. The van der Waals surface area contributed by atoms with Gasteiger partial charge in [-0.15, -0.1) is 0 Å². The van der Waals surface area contributed by atoms with Crippen molar-refractivity contribution in [3.63, 3.8) is 0 Å². The van der Waals surface area contributed by atoms with E-state index in [0.29, 0.717) is 0 Å². The lowest BCUT2D eigenvalue weighted by Crippen LogP contribution is -2.77. The van der Waals surface area contributed by atoms with Crippen LogP contribution in [0, 0.1) is 0 Å². The highest BCUT2D eigenvalue weighted by Crippen LogP contribution is 2.49. The largest absolute Gasteiger partial charge is 0.310 e. The van der Waals surface area contributed by atoms with Crippen LogP contribution in [0.3, 0.4) is 0 Å². The Morgan fingerprint density at radius 1 is 0.310 bits per heavy atom. The molecule has 9 aromatic carbocycles. The van der Waals surface area contributed by atoms with Crippen LogP contribution in [0.5, 0.6) is 0 Å². The second-order valence-electron chi connectivity index (χ2n) is 34.3. The molecular formula is C82H86BN3Si. The molecule has 0 N–H and O–H groups in total. The van der Waals surface area contributed by atoms with E-state index in [1.54, 1.807) is 15.6 Å². The Bertz CT molecular complexity index is 5070. The molecule has 0 radical (unpaired) electrons. The smallest absolute Gasteiger partial charge is 0.252 e. The molecule has 7 heterocycles. The van der Waals surface area contributed by atoms with Gasteiger partial charge in [0.1, 0.15) is 0 Å². The minimum Gasteiger partial charge on any atom is -0.310 e. The van der Waals surface area contributed by atoms with Gasteiger partial charge < -0.3 is 13.7 Å². The summed E-state index contributed by atoms with van der Waals surface area (Å²) in [5.74, 6) is 0. The molecular weight excluding hydrogens is 1070 g/mol. The predicted molar refractivity (Wildman–Crippen MR) is 381 cm³/mol. The first-order valence-corrected chi connectivity index (χ1v) is 34.4. The molecule has 0 saturated heterocycles. The van der Waals surface area contributed by atoms with Crippen molar-refractivity contribution < 1.29 is 0 Å². The number of hydrogen-bond acceptors (Lipinski definition) is 0. The Morgan fingerprint density at radius 2 is 0.770 bits per heavy atom. The van der Waals surface area contributed by atoms with Gasteiger partial charge in [-0.1, -0.05) is 236 Å². The number of nitrogens with zero attached hydrogens (tertiary/aromatic N) is 3. The molecule has 87 heavy (non-hydrogen) atoms. The van der Waals surface area contributed by atoms with Gasteiger partial charge >= 0.3 is 0 Å². The van der Waals surface area contributed by atoms with Crippen molar-refractivity contribution in [2.75, 3.05) is 0 Å². The standard InChI is InChI=1S/C82H86BN3Si/c1-76(2,3)45-23-22-24-52(35-45)84-62-39-46(77(4,5)6)27-31-55(62)69-64(84)44-60-74-70(69)56-32-28-47(78(7,8)9)40-63(56)85(74)61-33-34-65-75-71(61)83(60)59-38-50(81(16,17)18)36-57-58-37-51(82(19,20)21)43-68(73(58)86(75)72(57)59)87(65)66-41-48(79(10,11)12)25-29-53(66)54-30-26-49(42-67(54)87)80(13,14)15/h22-44H,1-21H3. The van der Waals surface area contributed by atoms with Crippen molar-refractivity contribution in [2.45, 2.75) is 183 Å². The van der Waals surface area contributed by atoms with Gasteiger partial charge in [-0.3, -0.25) is 0 Å². The van der Waals surface area contributed by atoms with Gasteiger partial charge in [0, 0.05) is 54.9 Å². The molecule has 0 aliphatic carbocycles. The first-order valence-electron chi connectivity index (χ1n) is 32.4. The Balaban J connectivity index is 1.17. The number of aromatic nitrogens is 3. The van der Waals surface area contributed by atoms with Crippen LogP contribution < -0.4 is 37.1 Å². The van der Waals surface area contributed by atoms with E-state index >= 15 is 0 Å². The Hall–Kier alpha value is -7.34. The highest BCUT2D eigenvalue weighted by molar-refractivity contribution is 7.24. The minimum atomic E-state index is -3.24. The lowest BCUT2D eigenvalue weighted by atomic mass is 9.34. The summed E-state index contributed by atoms with van der Waals surface area (Å²) in [5.41, 5.74) is 28.2. The molecule has 16 rings (SSSR count). The van der Waals surface area contributed by atoms with E-state index < -0.39 is 8.07 Å². The second kappa shape index (κ2) is 16.7. The van der Waals surface area contributed by atoms with Crippen molar-refractivity contribution in [2.24, 2.45) is 0 Å². The minimum absolute atomic E-state index is 0.0350. The van der Waals surface area contributed by atoms with Crippen molar-refractivity contribution in [3.05, 3.63) is 178 Å². The first-order chi connectivity index (χ1) is 40.6. The summed E-state index contributed by atoms with van der Waals surface area (Å²) in [6.07, 6.45) is 0. The molecule has 4 aliphatic rings. The van der Waals surface area contributed by atoms with Crippen LogP contribution in [-0.2, 0) is 37.9 Å². The van der Waals surface area contributed by atoms with Crippen molar-refractivity contribution >= 4 is 117 Å². The topological polar surface area (TPSA) is 14.8 Å². The predicted octanol–water partition coefficient (Wildman–Crippen LogP) is 16.9. The van der Waals surface area contributed by atoms with Crippen molar-refractivity contribution in [1.82, 2.24) is 13.7 Å². The lowest BCUT2D eigenvalue weighted by molar-refractivity contribution is 0.589. The van der Waals surface area contributed by atoms with Crippen molar-refractivity contribution in [3.8, 4) is 28.2 Å². The summed E-state index contributed by atoms with van der Waals surface area (Å²) in [4.78, 5) is 0. The first kappa shape index (κ1) is 55.0. The van der Waals surface area contributed by atoms with Gasteiger partial charge in [-0.25, -0.2) is 0 Å². The van der Waals surface area contributed by atoms with Crippen LogP contribution in [0.4, 0.5) is 0 Å². The molecule has 0 fully saturated rings. The summed E-state index contributed by atoms with van der Waals surface area (Å²) in [6.45, 7) is 50.3. The molecule has 436 valence electrons.